The van der Waals surface area contributed by atoms with Crippen LogP contribution in [0.1, 0.15) is 18.3 Å². The number of sulfonamides is 1. The molecule has 1 aromatic carbocycles. The Morgan fingerprint density at radius 3 is 2.96 bits per heavy atom. The SMILES string of the molecule is CCc1nccn1CC1CN(S(=O)(=O)c2ccc3c(c2)CCO3)C1. The molecule has 3 heterocycles. The normalized spacial score (nSPS) is 18.2. The number of hydrogen-bond acceptors (Lipinski definition) is 4. The summed E-state index contributed by atoms with van der Waals surface area (Å²) in [5.41, 5.74) is 0.985. The van der Waals surface area contributed by atoms with Crippen molar-refractivity contribution in [3.63, 3.8) is 0 Å². The van der Waals surface area contributed by atoms with Crippen LogP contribution < -0.4 is 4.74 Å². The summed E-state index contributed by atoms with van der Waals surface area (Å²) in [5, 5.41) is 0. The van der Waals surface area contributed by atoms with Crippen LogP contribution in [-0.4, -0.2) is 42.0 Å². The quantitative estimate of drug-likeness (QED) is 0.826. The lowest BCUT2D eigenvalue weighted by atomic mass is 10.0. The zero-order chi connectivity index (χ0) is 16.7. The highest BCUT2D eigenvalue weighted by atomic mass is 32.2. The summed E-state index contributed by atoms with van der Waals surface area (Å²) < 4.78 is 34.6. The number of hydrogen-bond donors (Lipinski definition) is 0. The Labute approximate surface area is 142 Å². The lowest BCUT2D eigenvalue weighted by Gasteiger charge is -2.38. The molecule has 4 rings (SSSR count). The van der Waals surface area contributed by atoms with Gasteiger partial charge in [-0.1, -0.05) is 6.92 Å². The summed E-state index contributed by atoms with van der Waals surface area (Å²) in [6.07, 6.45) is 5.44. The fraction of sp³-hybridized carbons (Fsp3) is 0.471. The first kappa shape index (κ1) is 15.7. The number of benzene rings is 1. The van der Waals surface area contributed by atoms with E-state index in [2.05, 4.69) is 16.5 Å². The maximum absolute atomic E-state index is 12.8. The van der Waals surface area contributed by atoms with Crippen LogP contribution in [0, 0.1) is 5.92 Å². The molecular formula is C17H21N3O3S. The fourth-order valence-electron chi connectivity index (χ4n) is 3.41. The Hall–Kier alpha value is -1.86. The summed E-state index contributed by atoms with van der Waals surface area (Å²) >= 11 is 0. The van der Waals surface area contributed by atoms with Gasteiger partial charge in [0.15, 0.2) is 0 Å². The molecule has 2 aliphatic rings. The van der Waals surface area contributed by atoms with Gasteiger partial charge in [0.25, 0.3) is 0 Å². The molecule has 2 aromatic rings. The molecule has 1 saturated heterocycles. The number of ether oxygens (including phenoxy) is 1. The second kappa shape index (κ2) is 5.89. The zero-order valence-electron chi connectivity index (χ0n) is 13.7. The molecule has 0 radical (unpaired) electrons. The maximum atomic E-state index is 12.8. The number of aromatic nitrogens is 2. The monoisotopic (exact) mass is 347 g/mol. The van der Waals surface area contributed by atoms with E-state index in [1.807, 2.05) is 6.20 Å². The van der Waals surface area contributed by atoms with Gasteiger partial charge in [-0.05, 0) is 23.8 Å². The van der Waals surface area contributed by atoms with Crippen LogP contribution in [0.3, 0.4) is 0 Å². The van der Waals surface area contributed by atoms with Crippen LogP contribution in [-0.2, 0) is 29.4 Å². The van der Waals surface area contributed by atoms with E-state index in [1.165, 1.54) is 0 Å². The van der Waals surface area contributed by atoms with Gasteiger partial charge in [-0.2, -0.15) is 4.31 Å². The molecule has 0 atom stereocenters. The summed E-state index contributed by atoms with van der Waals surface area (Å²) in [6.45, 7) is 4.67. The standard InChI is InChI=1S/C17H21N3O3S/c1-2-17-18-6-7-19(17)10-13-11-20(12-13)24(21,22)15-3-4-16-14(9-15)5-8-23-16/h3-4,6-7,9,13H,2,5,8,10-12H2,1H3. The molecule has 1 fully saturated rings. The Bertz CT molecular complexity index is 854. The molecule has 128 valence electrons. The van der Waals surface area contributed by atoms with Crippen molar-refractivity contribution in [3.05, 3.63) is 42.0 Å². The van der Waals surface area contributed by atoms with E-state index in [1.54, 1.807) is 28.7 Å². The summed E-state index contributed by atoms with van der Waals surface area (Å²) in [6, 6.07) is 5.18. The van der Waals surface area contributed by atoms with Crippen molar-refractivity contribution < 1.29 is 13.2 Å². The minimum atomic E-state index is -3.40. The topological polar surface area (TPSA) is 64.4 Å². The number of imidazole rings is 1. The Morgan fingerprint density at radius 1 is 1.33 bits per heavy atom. The van der Waals surface area contributed by atoms with E-state index in [4.69, 9.17) is 4.74 Å². The van der Waals surface area contributed by atoms with Crippen molar-refractivity contribution in [1.82, 2.24) is 13.9 Å². The smallest absolute Gasteiger partial charge is 0.243 e. The first-order valence-electron chi connectivity index (χ1n) is 8.34. The number of fused-ring (bicyclic) bond motifs is 1. The first-order valence-corrected chi connectivity index (χ1v) is 9.78. The molecule has 7 heteroatoms. The number of rotatable bonds is 5. The number of aryl methyl sites for hydroxylation is 1. The molecule has 1 aromatic heterocycles. The van der Waals surface area contributed by atoms with Gasteiger partial charge in [-0.25, -0.2) is 13.4 Å². The van der Waals surface area contributed by atoms with Crippen LogP contribution in [0.25, 0.3) is 0 Å². The Balaban J connectivity index is 1.44. The van der Waals surface area contributed by atoms with Crippen LogP contribution >= 0.6 is 0 Å². The van der Waals surface area contributed by atoms with Crippen molar-refractivity contribution in [2.24, 2.45) is 5.92 Å². The molecular weight excluding hydrogens is 326 g/mol. The van der Waals surface area contributed by atoms with Gasteiger partial charge in [0.2, 0.25) is 10.0 Å². The highest BCUT2D eigenvalue weighted by Crippen LogP contribution is 2.31. The van der Waals surface area contributed by atoms with Crippen LogP contribution in [0.15, 0.2) is 35.5 Å². The maximum Gasteiger partial charge on any atom is 0.243 e. The first-order chi connectivity index (χ1) is 11.6. The molecule has 0 aliphatic carbocycles. The van der Waals surface area contributed by atoms with Crippen molar-refractivity contribution in [3.8, 4) is 5.75 Å². The summed E-state index contributed by atoms with van der Waals surface area (Å²) in [5.74, 6) is 2.20. The van der Waals surface area contributed by atoms with Gasteiger partial charge in [-0.15, -0.1) is 0 Å². The molecule has 0 N–H and O–H groups in total. The van der Waals surface area contributed by atoms with Gasteiger partial charge in [-0.3, -0.25) is 0 Å². The van der Waals surface area contributed by atoms with E-state index in [0.29, 0.717) is 30.5 Å². The third-order valence-electron chi connectivity index (χ3n) is 4.80. The van der Waals surface area contributed by atoms with Gasteiger partial charge < -0.3 is 9.30 Å². The van der Waals surface area contributed by atoms with Crippen molar-refractivity contribution in [2.75, 3.05) is 19.7 Å². The lowest BCUT2D eigenvalue weighted by molar-refractivity contribution is 0.178. The molecule has 0 amide bonds. The molecule has 0 bridgehead atoms. The number of nitrogens with zero attached hydrogens (tertiary/aromatic N) is 3. The van der Waals surface area contributed by atoms with Crippen molar-refractivity contribution in [1.29, 1.82) is 0 Å². The van der Waals surface area contributed by atoms with Gasteiger partial charge in [0.1, 0.15) is 11.6 Å². The second-order valence-electron chi connectivity index (χ2n) is 6.41. The van der Waals surface area contributed by atoms with Crippen LogP contribution in [0.2, 0.25) is 0 Å². The van der Waals surface area contributed by atoms with Gasteiger partial charge >= 0.3 is 0 Å². The Kier molecular flexibility index (Phi) is 3.85. The lowest BCUT2D eigenvalue weighted by Crippen LogP contribution is -2.51. The highest BCUT2D eigenvalue weighted by Gasteiger charge is 2.37. The molecule has 0 unspecified atom stereocenters. The van der Waals surface area contributed by atoms with E-state index in [-0.39, 0.29) is 0 Å². The average Bonchev–Trinajstić information content (AvgIpc) is 3.17. The fourth-order valence-corrected chi connectivity index (χ4v) is 5.05. The molecule has 0 spiro atoms. The molecule has 0 saturated carbocycles. The van der Waals surface area contributed by atoms with E-state index >= 15 is 0 Å². The largest absolute Gasteiger partial charge is 0.493 e. The molecule has 6 nitrogen and oxygen atoms in total. The van der Waals surface area contributed by atoms with E-state index < -0.39 is 10.0 Å². The zero-order valence-corrected chi connectivity index (χ0v) is 14.5. The predicted octanol–water partition coefficient (Wildman–Crippen LogP) is 1.70. The minimum Gasteiger partial charge on any atom is -0.493 e. The van der Waals surface area contributed by atoms with Crippen LogP contribution in [0.5, 0.6) is 5.75 Å². The van der Waals surface area contributed by atoms with Crippen LogP contribution in [0.4, 0.5) is 0 Å². The van der Waals surface area contributed by atoms with Gasteiger partial charge in [0, 0.05) is 50.8 Å². The van der Waals surface area contributed by atoms with Crippen molar-refractivity contribution >= 4 is 10.0 Å². The Morgan fingerprint density at radius 2 is 2.17 bits per heavy atom. The summed E-state index contributed by atoms with van der Waals surface area (Å²) in [4.78, 5) is 4.69. The van der Waals surface area contributed by atoms with Gasteiger partial charge in [0.05, 0.1) is 11.5 Å². The average molecular weight is 347 g/mol. The van der Waals surface area contributed by atoms with E-state index in [9.17, 15) is 8.42 Å². The second-order valence-corrected chi connectivity index (χ2v) is 8.34. The van der Waals surface area contributed by atoms with E-state index in [0.717, 1.165) is 36.5 Å². The summed E-state index contributed by atoms with van der Waals surface area (Å²) in [7, 11) is -3.40. The minimum absolute atomic E-state index is 0.344. The highest BCUT2D eigenvalue weighted by molar-refractivity contribution is 7.89. The molecule has 24 heavy (non-hydrogen) atoms. The predicted molar refractivity (Wildman–Crippen MR) is 89.5 cm³/mol. The molecule has 2 aliphatic heterocycles. The third-order valence-corrected chi connectivity index (χ3v) is 6.62. The third kappa shape index (κ3) is 2.61. The van der Waals surface area contributed by atoms with Crippen molar-refractivity contribution in [2.45, 2.75) is 31.2 Å².